The average Bonchev–Trinajstić information content (AvgIpc) is 3.78. The molecule has 5 nitrogen and oxygen atoms in total. The summed E-state index contributed by atoms with van der Waals surface area (Å²) in [6.07, 6.45) is 0. The van der Waals surface area contributed by atoms with Gasteiger partial charge in [0, 0.05) is 32.5 Å². The monoisotopic (exact) mass is 601 g/mol. The van der Waals surface area contributed by atoms with Crippen LogP contribution >= 0.6 is 0 Å². The van der Waals surface area contributed by atoms with Gasteiger partial charge < -0.3 is 0 Å². The number of pyridine rings is 2. The van der Waals surface area contributed by atoms with Gasteiger partial charge in [0.25, 0.3) is 0 Å². The van der Waals surface area contributed by atoms with E-state index >= 15 is 0 Å². The van der Waals surface area contributed by atoms with Gasteiger partial charge in [0.15, 0.2) is 0 Å². The van der Waals surface area contributed by atoms with Gasteiger partial charge >= 0.3 is 0 Å². The molecule has 5 aromatic carbocycles. The maximum Gasteiger partial charge on any atom is 0.141 e. The molecule has 0 fully saturated rings. The highest BCUT2D eigenvalue weighted by molar-refractivity contribution is 6.22. The topological polar surface area (TPSA) is 40.6 Å². The zero-order valence-electron chi connectivity index (χ0n) is 25.3. The van der Waals surface area contributed by atoms with Crippen molar-refractivity contribution < 1.29 is 0 Å². The lowest BCUT2D eigenvalue weighted by Gasteiger charge is -2.14. The Bertz CT molecular complexity index is 2750. The van der Waals surface area contributed by atoms with Crippen molar-refractivity contribution in [2.75, 3.05) is 0 Å². The Morgan fingerprint density at radius 1 is 0.319 bits per heavy atom. The van der Waals surface area contributed by atoms with Gasteiger partial charge in [-0.1, -0.05) is 115 Å². The van der Waals surface area contributed by atoms with Crippen LogP contribution < -0.4 is 0 Å². The third kappa shape index (κ3) is 3.77. The van der Waals surface area contributed by atoms with E-state index in [0.717, 1.165) is 56.4 Å². The summed E-state index contributed by atoms with van der Waals surface area (Å²) in [6, 6.07) is 57.4. The second-order valence-electron chi connectivity index (χ2n) is 11.9. The Balaban J connectivity index is 1.30. The van der Waals surface area contributed by atoms with E-state index in [1.165, 1.54) is 26.9 Å². The van der Waals surface area contributed by atoms with Crippen molar-refractivity contribution in [3.8, 4) is 28.7 Å². The van der Waals surface area contributed by atoms with Crippen molar-refractivity contribution in [2.45, 2.75) is 0 Å². The van der Waals surface area contributed by atoms with Crippen molar-refractivity contribution in [2.24, 2.45) is 0 Å². The Labute approximate surface area is 270 Å². The summed E-state index contributed by atoms with van der Waals surface area (Å²) in [7, 11) is 0. The number of hydrogen-bond donors (Lipinski definition) is 0. The first-order valence-electron chi connectivity index (χ1n) is 15.9. The molecule has 0 N–H and O–H groups in total. The number of aromatic nitrogens is 5. The molecule has 5 aromatic heterocycles. The van der Waals surface area contributed by atoms with Gasteiger partial charge in [-0.05, 0) is 48.5 Å². The Morgan fingerprint density at radius 3 is 1.32 bits per heavy atom. The van der Waals surface area contributed by atoms with E-state index in [1.54, 1.807) is 0 Å². The maximum atomic E-state index is 5.42. The van der Waals surface area contributed by atoms with Gasteiger partial charge in [-0.3, -0.25) is 13.7 Å². The van der Waals surface area contributed by atoms with Gasteiger partial charge in [0.05, 0.1) is 27.8 Å². The van der Waals surface area contributed by atoms with Gasteiger partial charge in [-0.25, -0.2) is 9.97 Å². The molecule has 0 atom stereocenters. The number of benzene rings is 5. The van der Waals surface area contributed by atoms with Gasteiger partial charge in [0.2, 0.25) is 0 Å². The number of nitrogens with zero attached hydrogens (tertiary/aromatic N) is 5. The van der Waals surface area contributed by atoms with E-state index in [0.29, 0.717) is 0 Å². The standard InChI is InChI=1S/C42H27N5/c1-2-14-28(15-3-1)33-20-12-25-38(43-33)46-36-23-10-6-18-31(36)41-32-19-7-11-24-37(32)47(42(41)46)40-27-13-26-39(44-40)45-34-21-8-4-16-29(34)30-17-5-9-22-35(30)45/h1-27H. The Kier molecular flexibility index (Phi) is 5.51. The second-order valence-corrected chi connectivity index (χ2v) is 11.9. The van der Waals surface area contributed by atoms with E-state index in [-0.39, 0.29) is 0 Å². The van der Waals surface area contributed by atoms with Crippen molar-refractivity contribution >= 4 is 54.6 Å². The Hall–Kier alpha value is -6.46. The molecule has 0 aliphatic heterocycles. The fraction of sp³-hybridized carbons (Fsp3) is 0. The van der Waals surface area contributed by atoms with Crippen LogP contribution in [0.3, 0.4) is 0 Å². The highest BCUT2D eigenvalue weighted by Gasteiger charge is 2.23. The molecule has 0 aliphatic carbocycles. The summed E-state index contributed by atoms with van der Waals surface area (Å²) >= 11 is 0. The van der Waals surface area contributed by atoms with Crippen LogP contribution in [0.5, 0.6) is 0 Å². The van der Waals surface area contributed by atoms with Gasteiger partial charge in [0.1, 0.15) is 23.1 Å². The second kappa shape index (κ2) is 10.0. The molecule has 0 unspecified atom stereocenters. The van der Waals surface area contributed by atoms with Crippen molar-refractivity contribution in [3.05, 3.63) is 164 Å². The summed E-state index contributed by atoms with van der Waals surface area (Å²) in [6.45, 7) is 0. The van der Waals surface area contributed by atoms with Crippen molar-refractivity contribution in [1.82, 2.24) is 23.7 Å². The number of rotatable bonds is 4. The predicted octanol–water partition coefficient (Wildman–Crippen LogP) is 10.3. The molecule has 10 aromatic rings. The van der Waals surface area contributed by atoms with E-state index < -0.39 is 0 Å². The first kappa shape index (κ1) is 25.8. The van der Waals surface area contributed by atoms with Crippen molar-refractivity contribution in [1.29, 1.82) is 0 Å². The quantitative estimate of drug-likeness (QED) is 0.201. The molecular weight excluding hydrogens is 574 g/mol. The first-order chi connectivity index (χ1) is 23.3. The fourth-order valence-corrected chi connectivity index (χ4v) is 7.31. The van der Waals surface area contributed by atoms with E-state index in [9.17, 15) is 0 Å². The summed E-state index contributed by atoms with van der Waals surface area (Å²) in [5.41, 5.74) is 7.54. The SMILES string of the molecule is c1ccc(-c2cccc(-n3c4ccccc4c4c5ccccc5n(-c5cccc(-n6c7ccccc7c7ccccc76)n5)c43)n2)cc1. The zero-order chi connectivity index (χ0) is 30.9. The van der Waals surface area contributed by atoms with Crippen LogP contribution in [0.1, 0.15) is 0 Å². The van der Waals surface area contributed by atoms with Gasteiger partial charge in [-0.15, -0.1) is 0 Å². The van der Waals surface area contributed by atoms with Crippen LogP contribution in [-0.4, -0.2) is 23.7 Å². The third-order valence-electron chi connectivity index (χ3n) is 9.27. The van der Waals surface area contributed by atoms with Crippen LogP contribution in [-0.2, 0) is 0 Å². The molecule has 0 aliphatic rings. The highest BCUT2D eigenvalue weighted by Crippen LogP contribution is 2.40. The number of hydrogen-bond acceptors (Lipinski definition) is 2. The van der Waals surface area contributed by atoms with Crippen LogP contribution in [0.25, 0.3) is 83.4 Å². The number of para-hydroxylation sites is 4. The molecule has 0 amide bonds. The molecule has 0 radical (unpaired) electrons. The molecule has 5 heteroatoms. The lowest BCUT2D eigenvalue weighted by Crippen LogP contribution is -2.06. The van der Waals surface area contributed by atoms with E-state index in [2.05, 4.69) is 171 Å². The fourth-order valence-electron chi connectivity index (χ4n) is 7.31. The molecule has 10 rings (SSSR count). The summed E-state index contributed by atoms with van der Waals surface area (Å²) in [4.78, 5) is 10.7. The van der Waals surface area contributed by atoms with Crippen LogP contribution in [0.2, 0.25) is 0 Å². The zero-order valence-corrected chi connectivity index (χ0v) is 25.3. The highest BCUT2D eigenvalue weighted by atomic mass is 15.2. The van der Waals surface area contributed by atoms with Crippen LogP contribution in [0.15, 0.2) is 164 Å². The van der Waals surface area contributed by atoms with Crippen LogP contribution in [0, 0.1) is 0 Å². The molecule has 0 saturated carbocycles. The molecule has 0 saturated heterocycles. The molecule has 0 bridgehead atoms. The first-order valence-corrected chi connectivity index (χ1v) is 15.9. The smallest absolute Gasteiger partial charge is 0.141 e. The summed E-state index contributed by atoms with van der Waals surface area (Å²) in [5, 5.41) is 5.98. The normalized spacial score (nSPS) is 11.8. The summed E-state index contributed by atoms with van der Waals surface area (Å²) < 4.78 is 6.88. The minimum atomic E-state index is 0.846. The van der Waals surface area contributed by atoms with Crippen molar-refractivity contribution in [3.63, 3.8) is 0 Å². The maximum absolute atomic E-state index is 5.42. The lowest BCUT2D eigenvalue weighted by atomic mass is 10.1. The minimum Gasteiger partial charge on any atom is -0.294 e. The lowest BCUT2D eigenvalue weighted by molar-refractivity contribution is 0.975. The molecular formula is C42H27N5. The largest absolute Gasteiger partial charge is 0.294 e. The van der Waals surface area contributed by atoms with E-state index in [1.807, 2.05) is 6.07 Å². The molecule has 47 heavy (non-hydrogen) atoms. The van der Waals surface area contributed by atoms with E-state index in [4.69, 9.17) is 9.97 Å². The minimum absolute atomic E-state index is 0.846. The summed E-state index contributed by atoms with van der Waals surface area (Å²) in [5.74, 6) is 2.58. The molecule has 5 heterocycles. The third-order valence-corrected chi connectivity index (χ3v) is 9.27. The molecule has 0 spiro atoms. The Morgan fingerprint density at radius 2 is 0.745 bits per heavy atom. The predicted molar refractivity (Wildman–Crippen MR) is 193 cm³/mol. The van der Waals surface area contributed by atoms with Crippen LogP contribution in [0.4, 0.5) is 0 Å². The average molecular weight is 602 g/mol. The number of fused-ring (bicyclic) bond motifs is 8. The van der Waals surface area contributed by atoms with Gasteiger partial charge in [-0.2, -0.15) is 0 Å². The molecule has 220 valence electrons.